The van der Waals surface area contributed by atoms with Crippen molar-refractivity contribution >= 4 is 12.0 Å². The van der Waals surface area contributed by atoms with E-state index >= 15 is 0 Å². The maximum atomic E-state index is 12.3. The Kier molecular flexibility index (Phi) is 4.40. The lowest BCUT2D eigenvalue weighted by molar-refractivity contribution is 0.193. The quantitative estimate of drug-likeness (QED) is 0.876. The molecular formula is C15H21N7O. The van der Waals surface area contributed by atoms with Gasteiger partial charge in [0.2, 0.25) is 5.95 Å². The van der Waals surface area contributed by atoms with E-state index in [0.717, 1.165) is 36.0 Å². The maximum Gasteiger partial charge on any atom is 0.317 e. The van der Waals surface area contributed by atoms with Gasteiger partial charge in [0.05, 0.1) is 5.69 Å². The number of hydrogen-bond donors (Lipinski definition) is 2. The van der Waals surface area contributed by atoms with Crippen LogP contribution >= 0.6 is 0 Å². The molecule has 0 spiro atoms. The van der Waals surface area contributed by atoms with Gasteiger partial charge in [0, 0.05) is 56.4 Å². The number of anilines is 1. The van der Waals surface area contributed by atoms with Crippen LogP contribution in [0.5, 0.6) is 0 Å². The monoisotopic (exact) mass is 315 g/mol. The summed E-state index contributed by atoms with van der Waals surface area (Å²) in [6, 6.07) is 1.76. The first kappa shape index (κ1) is 15.3. The summed E-state index contributed by atoms with van der Waals surface area (Å²) < 4.78 is 0. The van der Waals surface area contributed by atoms with E-state index in [1.54, 1.807) is 18.5 Å². The first-order valence-electron chi connectivity index (χ1n) is 7.70. The van der Waals surface area contributed by atoms with Gasteiger partial charge in [-0.05, 0) is 19.9 Å². The van der Waals surface area contributed by atoms with E-state index in [0.29, 0.717) is 19.6 Å². The summed E-state index contributed by atoms with van der Waals surface area (Å²) in [6.07, 6.45) is 3.47. The molecule has 1 aliphatic rings. The number of nitrogens with zero attached hydrogens (tertiary/aromatic N) is 5. The number of amides is 2. The van der Waals surface area contributed by atoms with Crippen molar-refractivity contribution in [2.24, 2.45) is 0 Å². The molecule has 0 radical (unpaired) electrons. The minimum atomic E-state index is -0.0429. The number of nitrogens with one attached hydrogen (secondary N) is 2. The van der Waals surface area contributed by atoms with Crippen molar-refractivity contribution in [3.63, 3.8) is 0 Å². The van der Waals surface area contributed by atoms with Crippen molar-refractivity contribution in [1.29, 1.82) is 0 Å². The molecule has 3 rings (SSSR count). The van der Waals surface area contributed by atoms with E-state index < -0.39 is 0 Å². The molecule has 2 aromatic rings. The van der Waals surface area contributed by atoms with Crippen molar-refractivity contribution in [2.75, 3.05) is 31.1 Å². The van der Waals surface area contributed by atoms with Crippen molar-refractivity contribution < 1.29 is 4.79 Å². The van der Waals surface area contributed by atoms with E-state index in [9.17, 15) is 4.79 Å². The van der Waals surface area contributed by atoms with E-state index in [1.807, 2.05) is 18.7 Å². The average Bonchev–Trinajstić information content (AvgIpc) is 2.92. The summed E-state index contributed by atoms with van der Waals surface area (Å²) in [6.45, 7) is 7.18. The van der Waals surface area contributed by atoms with Crippen molar-refractivity contribution in [2.45, 2.75) is 20.4 Å². The number of urea groups is 1. The Morgan fingerprint density at radius 3 is 2.52 bits per heavy atom. The Bertz CT molecular complexity index is 642. The number of H-pyrrole nitrogens is 1. The van der Waals surface area contributed by atoms with Crippen LogP contribution in [-0.2, 0) is 6.54 Å². The second kappa shape index (κ2) is 6.64. The Morgan fingerprint density at radius 2 is 1.91 bits per heavy atom. The highest BCUT2D eigenvalue weighted by molar-refractivity contribution is 5.74. The Hall–Kier alpha value is -2.64. The molecule has 1 fully saturated rings. The molecule has 2 N–H and O–H groups in total. The molecule has 23 heavy (non-hydrogen) atoms. The minimum Gasteiger partial charge on any atom is -0.337 e. The fourth-order valence-corrected chi connectivity index (χ4v) is 2.67. The van der Waals surface area contributed by atoms with Crippen LogP contribution < -0.4 is 10.2 Å². The van der Waals surface area contributed by atoms with Gasteiger partial charge in [-0.1, -0.05) is 0 Å². The third-order valence-corrected chi connectivity index (χ3v) is 4.10. The highest BCUT2D eigenvalue weighted by atomic mass is 16.2. The predicted octanol–water partition coefficient (Wildman–Crippen LogP) is 0.848. The van der Waals surface area contributed by atoms with Gasteiger partial charge in [-0.15, -0.1) is 0 Å². The molecule has 1 aliphatic heterocycles. The molecule has 122 valence electrons. The van der Waals surface area contributed by atoms with Gasteiger partial charge in [-0.2, -0.15) is 5.10 Å². The molecule has 8 heteroatoms. The molecule has 2 aromatic heterocycles. The largest absolute Gasteiger partial charge is 0.337 e. The molecule has 0 atom stereocenters. The lowest BCUT2D eigenvalue weighted by Gasteiger charge is -2.34. The number of hydrogen-bond acceptors (Lipinski definition) is 5. The lowest BCUT2D eigenvalue weighted by Crippen LogP contribution is -2.52. The molecule has 8 nitrogen and oxygen atoms in total. The number of carbonyl (C=O) groups is 1. The van der Waals surface area contributed by atoms with E-state index in [-0.39, 0.29) is 6.03 Å². The summed E-state index contributed by atoms with van der Waals surface area (Å²) in [4.78, 5) is 24.7. The van der Waals surface area contributed by atoms with Crippen LogP contribution in [0.1, 0.15) is 17.0 Å². The summed E-state index contributed by atoms with van der Waals surface area (Å²) >= 11 is 0. The van der Waals surface area contributed by atoms with Crippen LogP contribution in [0, 0.1) is 13.8 Å². The van der Waals surface area contributed by atoms with Crippen LogP contribution in [0.25, 0.3) is 0 Å². The zero-order valence-corrected chi connectivity index (χ0v) is 13.4. The zero-order valence-electron chi connectivity index (χ0n) is 13.4. The molecule has 0 saturated carbocycles. The molecule has 0 bridgehead atoms. The predicted molar refractivity (Wildman–Crippen MR) is 86.1 cm³/mol. The SMILES string of the molecule is Cc1n[nH]c(C)c1CNC(=O)N1CCN(c2ncccn2)CC1. The van der Waals surface area contributed by atoms with Gasteiger partial charge in [-0.25, -0.2) is 14.8 Å². The summed E-state index contributed by atoms with van der Waals surface area (Å²) in [7, 11) is 0. The molecule has 0 aromatic carbocycles. The number of aryl methyl sites for hydroxylation is 2. The van der Waals surface area contributed by atoms with Crippen LogP contribution in [0.4, 0.5) is 10.7 Å². The summed E-state index contributed by atoms with van der Waals surface area (Å²) in [5.74, 6) is 0.720. The second-order valence-corrected chi connectivity index (χ2v) is 5.59. The zero-order chi connectivity index (χ0) is 16.2. The van der Waals surface area contributed by atoms with Gasteiger partial charge < -0.3 is 15.1 Å². The van der Waals surface area contributed by atoms with Gasteiger partial charge in [-0.3, -0.25) is 5.10 Å². The highest BCUT2D eigenvalue weighted by Gasteiger charge is 2.22. The molecule has 3 heterocycles. The molecule has 0 aliphatic carbocycles. The Labute approximate surface area is 134 Å². The standard InChI is InChI=1S/C15H21N7O/c1-11-13(12(2)20-19-11)10-18-15(23)22-8-6-21(7-9-22)14-16-4-3-5-17-14/h3-5H,6-10H2,1-2H3,(H,18,23)(H,19,20). The average molecular weight is 315 g/mol. The van der Waals surface area contributed by atoms with Crippen LogP contribution in [0.3, 0.4) is 0 Å². The fourth-order valence-electron chi connectivity index (χ4n) is 2.67. The highest BCUT2D eigenvalue weighted by Crippen LogP contribution is 2.11. The smallest absolute Gasteiger partial charge is 0.317 e. The van der Waals surface area contributed by atoms with Crippen molar-refractivity contribution in [3.05, 3.63) is 35.4 Å². The van der Waals surface area contributed by atoms with Crippen molar-refractivity contribution in [3.8, 4) is 0 Å². The number of piperazine rings is 1. The Morgan fingerprint density at radius 1 is 1.22 bits per heavy atom. The first-order valence-corrected chi connectivity index (χ1v) is 7.70. The van der Waals surface area contributed by atoms with Gasteiger partial charge in [0.25, 0.3) is 0 Å². The first-order chi connectivity index (χ1) is 11.1. The molecule has 1 saturated heterocycles. The topological polar surface area (TPSA) is 90.0 Å². The van der Waals surface area contributed by atoms with E-state index in [4.69, 9.17) is 0 Å². The molecular weight excluding hydrogens is 294 g/mol. The summed E-state index contributed by atoms with van der Waals surface area (Å²) in [5.41, 5.74) is 2.97. The molecule has 0 unspecified atom stereocenters. The van der Waals surface area contributed by atoms with Gasteiger partial charge in [0.15, 0.2) is 0 Å². The van der Waals surface area contributed by atoms with Crippen LogP contribution in [0.15, 0.2) is 18.5 Å². The Balaban J connectivity index is 1.50. The lowest BCUT2D eigenvalue weighted by atomic mass is 10.2. The maximum absolute atomic E-state index is 12.3. The van der Waals surface area contributed by atoms with Crippen molar-refractivity contribution in [1.82, 2.24) is 30.4 Å². The van der Waals surface area contributed by atoms with Gasteiger partial charge >= 0.3 is 6.03 Å². The summed E-state index contributed by atoms with van der Waals surface area (Å²) in [5, 5.41) is 10.0. The number of rotatable bonds is 3. The van der Waals surface area contributed by atoms with E-state index in [2.05, 4.69) is 30.4 Å². The number of aromatic nitrogens is 4. The second-order valence-electron chi connectivity index (χ2n) is 5.59. The van der Waals surface area contributed by atoms with E-state index in [1.165, 1.54) is 0 Å². The third kappa shape index (κ3) is 3.41. The minimum absolute atomic E-state index is 0.0429. The van der Waals surface area contributed by atoms with Crippen LogP contribution in [-0.4, -0.2) is 57.3 Å². The fraction of sp³-hybridized carbons (Fsp3) is 0.467. The van der Waals surface area contributed by atoms with Crippen LogP contribution in [0.2, 0.25) is 0 Å². The number of carbonyl (C=O) groups excluding carboxylic acids is 1. The number of aromatic amines is 1. The van der Waals surface area contributed by atoms with Gasteiger partial charge in [0.1, 0.15) is 0 Å². The third-order valence-electron chi connectivity index (χ3n) is 4.10. The molecule has 2 amide bonds. The normalized spacial score (nSPS) is 14.9.